The van der Waals surface area contributed by atoms with Crippen molar-refractivity contribution in [3.8, 4) is 0 Å². The Morgan fingerprint density at radius 1 is 1.11 bits per heavy atom. The van der Waals surface area contributed by atoms with E-state index in [1.54, 1.807) is 5.56 Å². The molecular formula is C25H30O2. The van der Waals surface area contributed by atoms with Gasteiger partial charge in [0.15, 0.2) is 5.78 Å². The van der Waals surface area contributed by atoms with Crippen molar-refractivity contribution in [1.82, 2.24) is 0 Å². The molecule has 0 aliphatic heterocycles. The lowest BCUT2D eigenvalue weighted by molar-refractivity contribution is -0.120. The minimum absolute atomic E-state index is 0.0726. The Hall–Kier alpha value is -1.41. The van der Waals surface area contributed by atoms with Gasteiger partial charge < -0.3 is 5.11 Å². The van der Waals surface area contributed by atoms with Gasteiger partial charge in [0, 0.05) is 6.42 Å². The topological polar surface area (TPSA) is 37.3 Å². The van der Waals surface area contributed by atoms with Crippen LogP contribution in [0.2, 0.25) is 0 Å². The molecule has 2 nitrogen and oxygen atoms in total. The monoisotopic (exact) mass is 362 g/mol. The van der Waals surface area contributed by atoms with E-state index in [1.165, 1.54) is 24.0 Å². The molecule has 0 radical (unpaired) electrons. The maximum Gasteiger partial charge on any atom is 0.155 e. The van der Waals surface area contributed by atoms with Crippen molar-refractivity contribution in [3.05, 3.63) is 47.0 Å². The number of aliphatic hydroxyl groups excluding tert-OH is 1. The van der Waals surface area contributed by atoms with E-state index in [-0.39, 0.29) is 16.9 Å². The number of aliphatic hydroxyl groups is 1. The summed E-state index contributed by atoms with van der Waals surface area (Å²) in [6.07, 6.45) is 10.4. The summed E-state index contributed by atoms with van der Waals surface area (Å²) in [5.74, 6) is 2.94. The van der Waals surface area contributed by atoms with Gasteiger partial charge in [-0.05, 0) is 96.7 Å². The Morgan fingerprint density at radius 2 is 1.96 bits per heavy atom. The van der Waals surface area contributed by atoms with Crippen molar-refractivity contribution in [3.63, 3.8) is 0 Å². The van der Waals surface area contributed by atoms with Crippen LogP contribution in [0, 0.1) is 28.6 Å². The fraction of sp³-hybridized carbons (Fsp3) is 0.640. The largest absolute Gasteiger partial charge is 0.393 e. The number of ketones is 1. The van der Waals surface area contributed by atoms with Crippen molar-refractivity contribution < 1.29 is 9.90 Å². The molecule has 0 bridgehead atoms. The van der Waals surface area contributed by atoms with E-state index in [0.717, 1.165) is 38.5 Å². The van der Waals surface area contributed by atoms with Gasteiger partial charge in [0.2, 0.25) is 0 Å². The molecule has 5 aliphatic rings. The molecule has 0 amide bonds. The van der Waals surface area contributed by atoms with E-state index in [9.17, 15) is 9.90 Å². The molecule has 2 unspecified atom stereocenters. The van der Waals surface area contributed by atoms with Gasteiger partial charge in [-0.1, -0.05) is 36.8 Å². The van der Waals surface area contributed by atoms with Crippen LogP contribution < -0.4 is 0 Å². The molecule has 6 rings (SSSR count). The Balaban J connectivity index is 1.57. The molecule has 0 heterocycles. The highest BCUT2D eigenvalue weighted by Crippen LogP contribution is 2.71. The van der Waals surface area contributed by atoms with E-state index in [1.807, 2.05) is 6.08 Å². The SMILES string of the molecule is C[C@]12CC3c4ccccc4C[C@]45CCC(=O)C=C4CC[C@H](C35)[C@@H]1CC[C@@H]2O. The van der Waals surface area contributed by atoms with Gasteiger partial charge in [-0.15, -0.1) is 0 Å². The number of carbonyl (C=O) groups excluding carboxylic acids is 1. The summed E-state index contributed by atoms with van der Waals surface area (Å²) in [5.41, 5.74) is 4.82. The number of fused-ring (bicyclic) bond motifs is 4. The quantitative estimate of drug-likeness (QED) is 0.719. The van der Waals surface area contributed by atoms with E-state index in [2.05, 4.69) is 31.2 Å². The third-order valence-corrected chi connectivity index (χ3v) is 9.57. The van der Waals surface area contributed by atoms with Crippen LogP contribution in [0.3, 0.4) is 0 Å². The van der Waals surface area contributed by atoms with Crippen LogP contribution in [0.15, 0.2) is 35.9 Å². The molecular weight excluding hydrogens is 332 g/mol. The molecule has 2 heteroatoms. The summed E-state index contributed by atoms with van der Waals surface area (Å²) < 4.78 is 0. The van der Waals surface area contributed by atoms with Gasteiger partial charge in [0.1, 0.15) is 0 Å². The highest BCUT2D eigenvalue weighted by Gasteiger charge is 2.64. The fourth-order valence-corrected chi connectivity index (χ4v) is 8.52. The van der Waals surface area contributed by atoms with Gasteiger partial charge >= 0.3 is 0 Å². The highest BCUT2D eigenvalue weighted by atomic mass is 16.3. The van der Waals surface area contributed by atoms with Crippen LogP contribution in [-0.4, -0.2) is 17.0 Å². The first-order chi connectivity index (χ1) is 13.0. The molecule has 0 aromatic heterocycles. The summed E-state index contributed by atoms with van der Waals surface area (Å²) in [6, 6.07) is 9.08. The molecule has 5 aliphatic carbocycles. The zero-order valence-electron chi connectivity index (χ0n) is 16.3. The van der Waals surface area contributed by atoms with Crippen LogP contribution in [0.25, 0.3) is 0 Å². The van der Waals surface area contributed by atoms with Crippen molar-refractivity contribution in [2.75, 3.05) is 0 Å². The predicted molar refractivity (Wildman–Crippen MR) is 105 cm³/mol. The number of benzene rings is 1. The first-order valence-electron chi connectivity index (χ1n) is 11.0. The van der Waals surface area contributed by atoms with Gasteiger partial charge in [-0.3, -0.25) is 4.79 Å². The van der Waals surface area contributed by atoms with Crippen LogP contribution in [0.4, 0.5) is 0 Å². The average Bonchev–Trinajstić information content (AvgIpc) is 2.97. The number of hydrogen-bond acceptors (Lipinski definition) is 2. The van der Waals surface area contributed by atoms with Crippen LogP contribution in [-0.2, 0) is 11.2 Å². The second kappa shape index (κ2) is 5.35. The molecule has 1 N–H and O–H groups in total. The molecule has 1 aromatic rings. The Bertz CT molecular complexity index is 854. The molecule has 3 saturated carbocycles. The minimum atomic E-state index is -0.140. The second-order valence-electron chi connectivity index (χ2n) is 10.4. The van der Waals surface area contributed by atoms with Crippen LogP contribution in [0.5, 0.6) is 0 Å². The summed E-state index contributed by atoms with van der Waals surface area (Å²) in [5, 5.41) is 10.9. The van der Waals surface area contributed by atoms with Crippen LogP contribution >= 0.6 is 0 Å². The van der Waals surface area contributed by atoms with E-state index >= 15 is 0 Å². The normalized spacial score (nSPS) is 47.4. The third-order valence-electron chi connectivity index (χ3n) is 9.57. The van der Waals surface area contributed by atoms with Gasteiger partial charge in [0.05, 0.1) is 6.10 Å². The zero-order valence-corrected chi connectivity index (χ0v) is 16.3. The minimum Gasteiger partial charge on any atom is -0.393 e. The van der Waals surface area contributed by atoms with E-state index in [4.69, 9.17) is 0 Å². The number of hydrogen-bond donors (Lipinski definition) is 1. The zero-order chi connectivity index (χ0) is 18.4. The molecule has 3 fully saturated rings. The molecule has 27 heavy (non-hydrogen) atoms. The standard InChI is InChI=1S/C25H30O2/c1-24-14-20-18-5-3-2-4-15(18)13-25-11-10-17(26)12-16(25)6-7-19(23(20)25)21(24)8-9-22(24)27/h2-5,12,19-23,27H,6-11,13-14H2,1H3/t19-,20?,21-,22-,23?,24-,25+/m0/s1. The van der Waals surface area contributed by atoms with E-state index in [0.29, 0.717) is 29.5 Å². The summed E-state index contributed by atoms with van der Waals surface area (Å²) in [7, 11) is 0. The van der Waals surface area contributed by atoms with E-state index < -0.39 is 0 Å². The van der Waals surface area contributed by atoms with Crippen molar-refractivity contribution in [1.29, 1.82) is 0 Å². The molecule has 1 aromatic carbocycles. The predicted octanol–water partition coefficient (Wildman–Crippen LogP) is 4.81. The third kappa shape index (κ3) is 1.98. The Kier molecular flexibility index (Phi) is 3.27. The van der Waals surface area contributed by atoms with Crippen molar-refractivity contribution >= 4 is 5.78 Å². The molecule has 0 saturated heterocycles. The highest BCUT2D eigenvalue weighted by molar-refractivity contribution is 5.91. The Morgan fingerprint density at radius 3 is 2.85 bits per heavy atom. The molecule has 142 valence electrons. The fourth-order valence-electron chi connectivity index (χ4n) is 8.52. The average molecular weight is 363 g/mol. The summed E-state index contributed by atoms with van der Waals surface area (Å²) in [4.78, 5) is 12.2. The Labute approximate surface area is 162 Å². The first kappa shape index (κ1) is 16.5. The second-order valence-corrected chi connectivity index (χ2v) is 10.4. The van der Waals surface area contributed by atoms with Gasteiger partial charge in [-0.25, -0.2) is 0 Å². The van der Waals surface area contributed by atoms with Gasteiger partial charge in [0.25, 0.3) is 0 Å². The van der Waals surface area contributed by atoms with Crippen molar-refractivity contribution in [2.45, 2.75) is 70.3 Å². The van der Waals surface area contributed by atoms with Crippen LogP contribution in [0.1, 0.15) is 68.9 Å². The summed E-state index contributed by atoms with van der Waals surface area (Å²) in [6.45, 7) is 2.38. The lowest BCUT2D eigenvalue weighted by atomic mass is 9.40. The maximum atomic E-state index is 12.2. The number of rotatable bonds is 0. The smallest absolute Gasteiger partial charge is 0.155 e. The molecule has 1 spiro atoms. The van der Waals surface area contributed by atoms with Gasteiger partial charge in [-0.2, -0.15) is 0 Å². The summed E-state index contributed by atoms with van der Waals surface area (Å²) >= 11 is 0. The molecule has 7 atom stereocenters. The number of allylic oxidation sites excluding steroid dienone is 1. The lowest BCUT2D eigenvalue weighted by Crippen LogP contribution is -2.57. The lowest BCUT2D eigenvalue weighted by Gasteiger charge is -2.64. The maximum absolute atomic E-state index is 12.2. The first-order valence-corrected chi connectivity index (χ1v) is 11.0. The number of carbonyl (C=O) groups is 1. The van der Waals surface area contributed by atoms with Crippen molar-refractivity contribution in [2.24, 2.45) is 28.6 Å².